The van der Waals surface area contributed by atoms with Gasteiger partial charge in [-0.3, -0.25) is 14.9 Å². The van der Waals surface area contributed by atoms with Crippen molar-refractivity contribution in [3.05, 3.63) is 76.3 Å². The highest BCUT2D eigenvalue weighted by Crippen LogP contribution is 2.26. The number of hydrazone groups is 1. The van der Waals surface area contributed by atoms with Crippen LogP contribution in [0.1, 0.15) is 5.56 Å². The van der Waals surface area contributed by atoms with Crippen LogP contribution in [0.15, 0.2) is 65.8 Å². The molecule has 0 aliphatic carbocycles. The highest BCUT2D eigenvalue weighted by molar-refractivity contribution is 5.95. The van der Waals surface area contributed by atoms with E-state index in [1.807, 2.05) is 42.5 Å². The van der Waals surface area contributed by atoms with Gasteiger partial charge < -0.3 is 10.1 Å². The molecule has 142 valence electrons. The van der Waals surface area contributed by atoms with E-state index in [2.05, 4.69) is 15.8 Å². The van der Waals surface area contributed by atoms with Crippen molar-refractivity contribution in [2.45, 2.75) is 0 Å². The summed E-state index contributed by atoms with van der Waals surface area (Å²) >= 11 is 0. The fourth-order valence-corrected chi connectivity index (χ4v) is 2.70. The van der Waals surface area contributed by atoms with Gasteiger partial charge in [-0.1, -0.05) is 36.4 Å². The summed E-state index contributed by atoms with van der Waals surface area (Å²) in [5, 5.41) is 20.1. The molecule has 2 N–H and O–H groups in total. The minimum Gasteiger partial charge on any atom is -0.490 e. The molecule has 3 rings (SSSR count). The maximum Gasteiger partial charge on any atom is 0.311 e. The fraction of sp³-hybridized carbons (Fsp3) is 0.100. The third-order valence-corrected chi connectivity index (χ3v) is 4.03. The normalized spacial score (nSPS) is 10.8. The van der Waals surface area contributed by atoms with E-state index in [-0.39, 0.29) is 23.9 Å². The molecule has 3 aromatic rings. The number of anilines is 1. The number of nitro benzene ring substituents is 1. The van der Waals surface area contributed by atoms with Gasteiger partial charge in [-0.15, -0.1) is 0 Å². The number of methoxy groups -OCH3 is 1. The minimum absolute atomic E-state index is 0.0358. The molecule has 8 heteroatoms. The van der Waals surface area contributed by atoms with Gasteiger partial charge in [0, 0.05) is 22.7 Å². The molecule has 0 aliphatic heterocycles. The number of amides is 1. The van der Waals surface area contributed by atoms with E-state index in [0.29, 0.717) is 5.56 Å². The summed E-state index contributed by atoms with van der Waals surface area (Å²) in [5.74, 6) is -0.183. The van der Waals surface area contributed by atoms with Crippen molar-refractivity contribution in [1.82, 2.24) is 5.43 Å². The zero-order chi connectivity index (χ0) is 19.9. The molecule has 1 amide bonds. The van der Waals surface area contributed by atoms with E-state index in [0.717, 1.165) is 16.5 Å². The van der Waals surface area contributed by atoms with E-state index < -0.39 is 4.92 Å². The van der Waals surface area contributed by atoms with Gasteiger partial charge in [0.15, 0.2) is 5.75 Å². The van der Waals surface area contributed by atoms with Crippen molar-refractivity contribution < 1.29 is 14.5 Å². The number of benzene rings is 3. The number of hydrogen-bond donors (Lipinski definition) is 2. The Hall–Kier alpha value is -3.94. The lowest BCUT2D eigenvalue weighted by atomic mass is 10.1. The Morgan fingerprint density at radius 3 is 2.75 bits per heavy atom. The number of hydrogen-bond acceptors (Lipinski definition) is 6. The highest BCUT2D eigenvalue weighted by Gasteiger charge is 2.14. The van der Waals surface area contributed by atoms with Crippen LogP contribution < -0.4 is 15.5 Å². The lowest BCUT2D eigenvalue weighted by Crippen LogP contribution is -2.25. The van der Waals surface area contributed by atoms with Crippen molar-refractivity contribution in [2.75, 3.05) is 19.0 Å². The maximum absolute atomic E-state index is 12.0. The third kappa shape index (κ3) is 4.42. The van der Waals surface area contributed by atoms with Gasteiger partial charge in [0.05, 0.1) is 24.8 Å². The average molecular weight is 378 g/mol. The standard InChI is InChI=1S/C20H18N4O4/c1-28-19-10-9-14(11-18(19)24(26)27)12-22-23-20(25)13-21-17-8-4-6-15-5-2-3-7-16(15)17/h2-12,21H,13H2,1H3,(H,23,25)/b22-12-. The molecule has 0 saturated carbocycles. The van der Waals surface area contributed by atoms with Crippen LogP contribution in [0, 0.1) is 10.1 Å². The number of nitrogens with one attached hydrogen (secondary N) is 2. The number of nitrogens with zero attached hydrogens (tertiary/aromatic N) is 2. The molecule has 0 bridgehead atoms. The minimum atomic E-state index is -0.539. The molecule has 0 heterocycles. The van der Waals surface area contributed by atoms with E-state index in [1.165, 1.54) is 25.5 Å². The van der Waals surface area contributed by atoms with Crippen molar-refractivity contribution in [3.8, 4) is 5.75 Å². The second-order valence-corrected chi connectivity index (χ2v) is 5.86. The van der Waals surface area contributed by atoms with Crippen LogP contribution in [-0.4, -0.2) is 30.7 Å². The Morgan fingerprint density at radius 1 is 1.18 bits per heavy atom. The lowest BCUT2D eigenvalue weighted by Gasteiger charge is -2.08. The van der Waals surface area contributed by atoms with Gasteiger partial charge >= 0.3 is 5.69 Å². The molecule has 28 heavy (non-hydrogen) atoms. The van der Waals surface area contributed by atoms with E-state index in [9.17, 15) is 14.9 Å². The van der Waals surface area contributed by atoms with Gasteiger partial charge in [0.2, 0.25) is 0 Å². The van der Waals surface area contributed by atoms with Crippen LogP contribution in [0.5, 0.6) is 5.75 Å². The predicted octanol–water partition coefficient (Wildman–Crippen LogP) is 3.32. The number of carbonyl (C=O) groups is 1. The Morgan fingerprint density at radius 2 is 1.96 bits per heavy atom. The first-order valence-electron chi connectivity index (χ1n) is 8.44. The summed E-state index contributed by atoms with van der Waals surface area (Å²) in [4.78, 5) is 22.5. The zero-order valence-corrected chi connectivity index (χ0v) is 15.1. The molecule has 8 nitrogen and oxygen atoms in total. The molecule has 0 saturated heterocycles. The molecule has 3 aromatic carbocycles. The molecular weight excluding hydrogens is 360 g/mol. The van der Waals surface area contributed by atoms with Crippen LogP contribution in [0.2, 0.25) is 0 Å². The summed E-state index contributed by atoms with van der Waals surface area (Å²) < 4.78 is 4.94. The van der Waals surface area contributed by atoms with E-state index >= 15 is 0 Å². The molecule has 0 aliphatic rings. The van der Waals surface area contributed by atoms with Crippen LogP contribution in [0.3, 0.4) is 0 Å². The summed E-state index contributed by atoms with van der Waals surface area (Å²) in [6.07, 6.45) is 1.34. The van der Waals surface area contributed by atoms with Gasteiger partial charge in [0.25, 0.3) is 5.91 Å². The molecule has 0 spiro atoms. The van der Waals surface area contributed by atoms with Crippen molar-refractivity contribution in [1.29, 1.82) is 0 Å². The number of rotatable bonds is 7. The molecule has 0 fully saturated rings. The molecule has 0 aromatic heterocycles. The van der Waals surface area contributed by atoms with Crippen LogP contribution in [0.25, 0.3) is 10.8 Å². The Labute approximate surface area is 161 Å². The van der Waals surface area contributed by atoms with Crippen LogP contribution in [0.4, 0.5) is 11.4 Å². The van der Waals surface area contributed by atoms with Crippen LogP contribution >= 0.6 is 0 Å². The van der Waals surface area contributed by atoms with E-state index in [4.69, 9.17) is 4.74 Å². The first kappa shape index (κ1) is 18.8. The second kappa shape index (κ2) is 8.63. The fourth-order valence-electron chi connectivity index (χ4n) is 2.70. The second-order valence-electron chi connectivity index (χ2n) is 5.86. The predicted molar refractivity (Wildman–Crippen MR) is 108 cm³/mol. The zero-order valence-electron chi connectivity index (χ0n) is 15.1. The van der Waals surface area contributed by atoms with Gasteiger partial charge in [-0.25, -0.2) is 5.43 Å². The van der Waals surface area contributed by atoms with Crippen molar-refractivity contribution in [3.63, 3.8) is 0 Å². The first-order chi connectivity index (χ1) is 13.6. The van der Waals surface area contributed by atoms with Crippen molar-refractivity contribution >= 4 is 34.3 Å². The SMILES string of the molecule is COc1ccc(/C=N\NC(=O)CNc2cccc3ccccc23)cc1[N+](=O)[O-]. The number of nitro groups is 1. The molecule has 0 radical (unpaired) electrons. The summed E-state index contributed by atoms with van der Waals surface area (Å²) in [6.45, 7) is 0.0358. The van der Waals surface area contributed by atoms with E-state index in [1.54, 1.807) is 6.07 Å². The largest absolute Gasteiger partial charge is 0.490 e. The van der Waals surface area contributed by atoms with Gasteiger partial charge in [-0.05, 0) is 23.6 Å². The van der Waals surface area contributed by atoms with Gasteiger partial charge in [-0.2, -0.15) is 5.10 Å². The number of ether oxygens (including phenoxy) is 1. The maximum atomic E-state index is 12.0. The molecular formula is C20H18N4O4. The third-order valence-electron chi connectivity index (χ3n) is 4.03. The van der Waals surface area contributed by atoms with Gasteiger partial charge in [0.1, 0.15) is 0 Å². The quantitative estimate of drug-likeness (QED) is 0.373. The lowest BCUT2D eigenvalue weighted by molar-refractivity contribution is -0.385. The smallest absolute Gasteiger partial charge is 0.311 e. The topological polar surface area (TPSA) is 106 Å². The first-order valence-corrected chi connectivity index (χ1v) is 8.44. The number of fused-ring (bicyclic) bond motifs is 1. The Balaban J connectivity index is 1.60. The summed E-state index contributed by atoms with van der Waals surface area (Å²) in [7, 11) is 1.36. The summed E-state index contributed by atoms with van der Waals surface area (Å²) in [5.41, 5.74) is 3.54. The highest BCUT2D eigenvalue weighted by atomic mass is 16.6. The molecule has 0 unspecified atom stereocenters. The molecule has 0 atom stereocenters. The average Bonchev–Trinajstić information content (AvgIpc) is 2.72. The Bertz CT molecular complexity index is 1040. The monoisotopic (exact) mass is 378 g/mol. The Kier molecular flexibility index (Phi) is 5.81. The number of carbonyl (C=O) groups excluding carboxylic acids is 1. The van der Waals surface area contributed by atoms with Crippen molar-refractivity contribution in [2.24, 2.45) is 5.10 Å². The summed E-state index contributed by atoms with van der Waals surface area (Å²) in [6, 6.07) is 18.1. The van der Waals surface area contributed by atoms with Crippen LogP contribution in [-0.2, 0) is 4.79 Å².